The van der Waals surface area contributed by atoms with Crippen LogP contribution in [-0.4, -0.2) is 49.9 Å². The van der Waals surface area contributed by atoms with Gasteiger partial charge in [0.1, 0.15) is 9.09 Å². The van der Waals surface area contributed by atoms with Crippen molar-refractivity contribution in [2.75, 3.05) is 13.6 Å². The Morgan fingerprint density at radius 3 is 2.48 bits per heavy atom. The van der Waals surface area contributed by atoms with Crippen molar-refractivity contribution in [1.82, 2.24) is 9.62 Å². The van der Waals surface area contributed by atoms with E-state index in [-0.39, 0.29) is 15.0 Å². The zero-order valence-corrected chi connectivity index (χ0v) is 13.8. The highest BCUT2D eigenvalue weighted by molar-refractivity contribution is 7.91. The summed E-state index contributed by atoms with van der Waals surface area (Å²) in [6.07, 6.45) is 0. The third-order valence-electron chi connectivity index (χ3n) is 2.91. The SMILES string of the molecule is CCN(C)C(=O)C(C)NS(=O)(=O)c1cc(C)c(C(=O)O)s1. The van der Waals surface area contributed by atoms with Gasteiger partial charge in [0.05, 0.1) is 6.04 Å². The predicted molar refractivity (Wildman–Crippen MR) is 79.1 cm³/mol. The monoisotopic (exact) mass is 334 g/mol. The number of nitrogens with zero attached hydrogens (tertiary/aromatic N) is 1. The molecule has 0 radical (unpaired) electrons. The van der Waals surface area contributed by atoms with Crippen molar-refractivity contribution in [3.05, 3.63) is 16.5 Å². The summed E-state index contributed by atoms with van der Waals surface area (Å²) in [7, 11) is -2.35. The molecule has 0 saturated heterocycles. The minimum absolute atomic E-state index is 0.0277. The van der Waals surface area contributed by atoms with Gasteiger partial charge in [-0.05, 0) is 32.4 Å². The van der Waals surface area contributed by atoms with Crippen molar-refractivity contribution in [2.24, 2.45) is 0 Å². The van der Waals surface area contributed by atoms with Crippen molar-refractivity contribution >= 4 is 33.2 Å². The van der Waals surface area contributed by atoms with E-state index in [1.54, 1.807) is 14.0 Å². The Labute approximate surface area is 127 Å². The van der Waals surface area contributed by atoms with Gasteiger partial charge in [0.15, 0.2) is 0 Å². The molecule has 0 fully saturated rings. The van der Waals surface area contributed by atoms with E-state index < -0.39 is 22.0 Å². The van der Waals surface area contributed by atoms with E-state index >= 15 is 0 Å². The number of aryl methyl sites for hydroxylation is 1. The van der Waals surface area contributed by atoms with Crippen LogP contribution in [0, 0.1) is 6.92 Å². The number of carbonyl (C=O) groups excluding carboxylic acids is 1. The molecule has 1 aromatic heterocycles. The van der Waals surface area contributed by atoms with Crippen LogP contribution < -0.4 is 4.72 Å². The standard InChI is InChI=1S/C12H18N2O5S2/c1-5-14(4)11(15)8(3)13-21(18,19)9-6-7(2)10(20-9)12(16)17/h6,8,13H,5H2,1-4H3,(H,16,17). The number of nitrogens with one attached hydrogen (secondary N) is 1. The zero-order chi connectivity index (χ0) is 16.4. The van der Waals surface area contributed by atoms with E-state index in [2.05, 4.69) is 4.72 Å². The lowest BCUT2D eigenvalue weighted by Crippen LogP contribution is -2.45. The van der Waals surface area contributed by atoms with Gasteiger partial charge in [0, 0.05) is 13.6 Å². The average molecular weight is 334 g/mol. The molecule has 0 saturated carbocycles. The molecule has 1 amide bonds. The molecule has 0 aromatic carbocycles. The van der Waals surface area contributed by atoms with E-state index in [1.807, 2.05) is 0 Å². The second-order valence-electron chi connectivity index (χ2n) is 4.58. The summed E-state index contributed by atoms with van der Waals surface area (Å²) in [6.45, 7) is 5.22. The zero-order valence-electron chi connectivity index (χ0n) is 12.2. The number of hydrogen-bond donors (Lipinski definition) is 2. The summed E-state index contributed by atoms with van der Waals surface area (Å²) in [5, 5.41) is 8.95. The maximum atomic E-state index is 12.2. The minimum atomic E-state index is -3.92. The minimum Gasteiger partial charge on any atom is -0.477 e. The quantitative estimate of drug-likeness (QED) is 0.804. The maximum absolute atomic E-state index is 12.2. The first-order valence-electron chi connectivity index (χ1n) is 6.21. The van der Waals surface area contributed by atoms with Gasteiger partial charge in [0.25, 0.3) is 10.0 Å². The Bertz CT molecular complexity index is 651. The van der Waals surface area contributed by atoms with Gasteiger partial charge in [-0.1, -0.05) is 0 Å². The van der Waals surface area contributed by atoms with Gasteiger partial charge in [-0.15, -0.1) is 11.3 Å². The smallest absolute Gasteiger partial charge is 0.346 e. The van der Waals surface area contributed by atoms with Crippen LogP contribution >= 0.6 is 11.3 Å². The van der Waals surface area contributed by atoms with Crippen LogP contribution in [0.1, 0.15) is 29.1 Å². The molecule has 0 spiro atoms. The number of hydrogen-bond acceptors (Lipinski definition) is 5. The summed E-state index contributed by atoms with van der Waals surface area (Å²) >= 11 is 0.667. The van der Waals surface area contributed by atoms with Gasteiger partial charge >= 0.3 is 5.97 Å². The second-order valence-corrected chi connectivity index (χ2v) is 7.57. The van der Waals surface area contributed by atoms with Gasteiger partial charge in [-0.3, -0.25) is 4.79 Å². The number of carboxylic acid groups (broad SMARTS) is 1. The molecule has 0 bridgehead atoms. The number of sulfonamides is 1. The van der Waals surface area contributed by atoms with Crippen molar-refractivity contribution in [1.29, 1.82) is 0 Å². The third-order valence-corrected chi connectivity index (χ3v) is 6.15. The van der Waals surface area contributed by atoms with E-state index in [1.165, 1.54) is 24.8 Å². The normalized spacial score (nSPS) is 13.0. The van der Waals surface area contributed by atoms with Gasteiger partial charge in [-0.25, -0.2) is 13.2 Å². The number of thiophene rings is 1. The Kier molecular flexibility index (Phi) is 5.48. The molecule has 0 aliphatic heterocycles. The Morgan fingerprint density at radius 2 is 2.05 bits per heavy atom. The highest BCUT2D eigenvalue weighted by atomic mass is 32.2. The number of likely N-dealkylation sites (N-methyl/N-ethyl adjacent to an activating group) is 1. The molecule has 1 aromatic rings. The number of amides is 1. The Hall–Kier alpha value is -1.45. The first kappa shape index (κ1) is 17.6. The fourth-order valence-corrected chi connectivity index (χ4v) is 4.22. The molecule has 1 rings (SSSR count). The average Bonchev–Trinajstić information content (AvgIpc) is 2.79. The fourth-order valence-electron chi connectivity index (χ4n) is 1.63. The van der Waals surface area contributed by atoms with Crippen molar-refractivity contribution in [3.8, 4) is 0 Å². The Balaban J connectivity index is 2.99. The molecule has 118 valence electrons. The molecular formula is C12H18N2O5S2. The number of carboxylic acids is 1. The molecule has 1 unspecified atom stereocenters. The van der Waals surface area contributed by atoms with Crippen molar-refractivity contribution in [3.63, 3.8) is 0 Å². The molecule has 7 nitrogen and oxygen atoms in total. The lowest BCUT2D eigenvalue weighted by molar-refractivity contribution is -0.131. The first-order valence-corrected chi connectivity index (χ1v) is 8.51. The topological polar surface area (TPSA) is 104 Å². The van der Waals surface area contributed by atoms with Gasteiger partial charge < -0.3 is 10.0 Å². The van der Waals surface area contributed by atoms with Crippen LogP contribution in [0.15, 0.2) is 10.3 Å². The maximum Gasteiger partial charge on any atom is 0.346 e. The van der Waals surface area contributed by atoms with Crippen LogP contribution in [0.5, 0.6) is 0 Å². The molecule has 0 aliphatic rings. The first-order chi connectivity index (χ1) is 9.60. The van der Waals surface area contributed by atoms with Crippen LogP contribution in [0.25, 0.3) is 0 Å². The second kappa shape index (κ2) is 6.54. The molecule has 2 N–H and O–H groups in total. The highest BCUT2D eigenvalue weighted by Crippen LogP contribution is 2.26. The fraction of sp³-hybridized carbons (Fsp3) is 0.500. The largest absolute Gasteiger partial charge is 0.477 e. The third kappa shape index (κ3) is 4.02. The summed E-state index contributed by atoms with van der Waals surface area (Å²) in [5.41, 5.74) is 0.373. The number of rotatable bonds is 6. The summed E-state index contributed by atoms with van der Waals surface area (Å²) < 4.78 is 26.5. The lowest BCUT2D eigenvalue weighted by Gasteiger charge is -2.20. The summed E-state index contributed by atoms with van der Waals surface area (Å²) in [4.78, 5) is 24.2. The molecule has 9 heteroatoms. The van der Waals surface area contributed by atoms with Crippen LogP contribution in [0.4, 0.5) is 0 Å². The molecule has 21 heavy (non-hydrogen) atoms. The molecule has 1 heterocycles. The van der Waals surface area contributed by atoms with Gasteiger partial charge in [-0.2, -0.15) is 4.72 Å². The van der Waals surface area contributed by atoms with Gasteiger partial charge in [0.2, 0.25) is 5.91 Å². The summed E-state index contributed by atoms with van der Waals surface area (Å²) in [6, 6.07) is 0.368. The molecule has 1 atom stereocenters. The van der Waals surface area contributed by atoms with E-state index in [0.29, 0.717) is 23.4 Å². The number of carbonyl (C=O) groups is 2. The molecule has 0 aliphatic carbocycles. The van der Waals surface area contributed by atoms with Crippen LogP contribution in [0.3, 0.4) is 0 Å². The van der Waals surface area contributed by atoms with Crippen LogP contribution in [0.2, 0.25) is 0 Å². The van der Waals surface area contributed by atoms with Crippen molar-refractivity contribution in [2.45, 2.75) is 31.0 Å². The predicted octanol–water partition coefficient (Wildman–Crippen LogP) is 0.900. The van der Waals surface area contributed by atoms with Crippen LogP contribution in [-0.2, 0) is 14.8 Å². The number of aromatic carboxylic acids is 1. The summed E-state index contributed by atoms with van der Waals surface area (Å²) in [5.74, 6) is -1.53. The van der Waals surface area contributed by atoms with E-state index in [9.17, 15) is 18.0 Å². The van der Waals surface area contributed by atoms with E-state index in [4.69, 9.17) is 5.11 Å². The van der Waals surface area contributed by atoms with E-state index in [0.717, 1.165) is 0 Å². The highest BCUT2D eigenvalue weighted by Gasteiger charge is 2.26. The Morgan fingerprint density at radius 1 is 1.48 bits per heavy atom. The lowest BCUT2D eigenvalue weighted by atomic mass is 10.3. The molecular weight excluding hydrogens is 316 g/mol. The van der Waals surface area contributed by atoms with Crippen molar-refractivity contribution < 1.29 is 23.1 Å².